The molecule has 6 heteroatoms. The van der Waals surface area contributed by atoms with Crippen LogP contribution < -0.4 is 10.6 Å². The van der Waals surface area contributed by atoms with E-state index in [4.69, 9.17) is 0 Å². The molecule has 0 unspecified atom stereocenters. The smallest absolute Gasteiger partial charge is 0.323 e. The molecule has 0 aliphatic rings. The van der Waals surface area contributed by atoms with Gasteiger partial charge in [0.05, 0.1) is 5.75 Å². The molecule has 1 atom stereocenters. The highest BCUT2D eigenvalue weighted by atomic mass is 32.2. The van der Waals surface area contributed by atoms with Crippen molar-refractivity contribution in [2.45, 2.75) is 5.75 Å². The number of hydrogen-bond donors (Lipinski definition) is 3. The molecule has 0 aliphatic heterocycles. The lowest BCUT2D eigenvalue weighted by molar-refractivity contribution is 0.262. The van der Waals surface area contributed by atoms with Crippen LogP contribution in [0.1, 0.15) is 5.56 Å². The first-order valence-electron chi connectivity index (χ1n) is 6.29. The highest BCUT2D eigenvalue weighted by molar-refractivity contribution is 7.83. The molecule has 5 nitrogen and oxygen atoms in total. The summed E-state index contributed by atoms with van der Waals surface area (Å²) in [5.41, 5.74) is 2.02. The minimum absolute atomic E-state index is 0.136. The van der Waals surface area contributed by atoms with Crippen LogP contribution in [0.2, 0.25) is 0 Å². The number of para-hydroxylation sites is 1. The van der Waals surface area contributed by atoms with E-state index in [1.54, 1.807) is 30.5 Å². The summed E-state index contributed by atoms with van der Waals surface area (Å²) < 4.78 is 11.3. The molecule has 110 valence electrons. The fourth-order valence-electron chi connectivity index (χ4n) is 1.82. The van der Waals surface area contributed by atoms with Crippen molar-refractivity contribution in [3.8, 4) is 5.75 Å². The van der Waals surface area contributed by atoms with Gasteiger partial charge in [0.15, 0.2) is 0 Å². The van der Waals surface area contributed by atoms with Gasteiger partial charge in [-0.05, 0) is 35.9 Å². The molecule has 0 aromatic heterocycles. The topological polar surface area (TPSA) is 78.4 Å². The lowest BCUT2D eigenvalue weighted by Crippen LogP contribution is -2.20. The van der Waals surface area contributed by atoms with Gasteiger partial charge in [-0.2, -0.15) is 0 Å². The normalized spacial score (nSPS) is 11.7. The lowest BCUT2D eigenvalue weighted by Gasteiger charge is -2.11. The SMILES string of the molecule is C[S@@](=O)Cc1ccccc1NC(=O)Nc1ccc(O)cc1. The van der Waals surface area contributed by atoms with Gasteiger partial charge < -0.3 is 15.7 Å². The van der Waals surface area contributed by atoms with Crippen LogP contribution in [0.5, 0.6) is 5.75 Å². The summed E-state index contributed by atoms with van der Waals surface area (Å²) in [6.45, 7) is 0. The second kappa shape index (κ2) is 6.90. The van der Waals surface area contributed by atoms with E-state index >= 15 is 0 Å². The number of carbonyl (C=O) groups excluding carboxylic acids is 1. The number of amides is 2. The number of urea groups is 1. The van der Waals surface area contributed by atoms with E-state index < -0.39 is 16.8 Å². The van der Waals surface area contributed by atoms with E-state index in [2.05, 4.69) is 10.6 Å². The zero-order valence-electron chi connectivity index (χ0n) is 11.5. The zero-order valence-corrected chi connectivity index (χ0v) is 12.3. The van der Waals surface area contributed by atoms with Crippen molar-refractivity contribution < 1.29 is 14.1 Å². The summed E-state index contributed by atoms with van der Waals surface area (Å²) in [5, 5.41) is 14.6. The van der Waals surface area contributed by atoms with Gasteiger partial charge in [0, 0.05) is 28.4 Å². The number of benzene rings is 2. The second-order valence-electron chi connectivity index (χ2n) is 4.50. The van der Waals surface area contributed by atoms with Gasteiger partial charge in [-0.1, -0.05) is 18.2 Å². The maximum Gasteiger partial charge on any atom is 0.323 e. The molecule has 2 aromatic rings. The molecule has 0 aliphatic carbocycles. The number of carbonyl (C=O) groups is 1. The lowest BCUT2D eigenvalue weighted by atomic mass is 10.2. The van der Waals surface area contributed by atoms with E-state index in [0.717, 1.165) is 5.56 Å². The van der Waals surface area contributed by atoms with Gasteiger partial charge in [-0.15, -0.1) is 0 Å². The Kier molecular flexibility index (Phi) is 4.94. The summed E-state index contributed by atoms with van der Waals surface area (Å²) in [4.78, 5) is 11.9. The van der Waals surface area contributed by atoms with Crippen LogP contribution in [-0.4, -0.2) is 21.6 Å². The summed E-state index contributed by atoms with van der Waals surface area (Å²) in [5.74, 6) is 0.520. The minimum atomic E-state index is -0.982. The molecule has 0 spiro atoms. The standard InChI is InChI=1S/C15H16N2O3S/c1-21(20)10-11-4-2-3-5-14(11)17-15(19)16-12-6-8-13(18)9-7-12/h2-9,18H,10H2,1H3,(H2,16,17,19)/t21-/m1/s1. The first-order valence-corrected chi connectivity index (χ1v) is 8.02. The molecule has 0 radical (unpaired) electrons. The van der Waals surface area contributed by atoms with E-state index in [9.17, 15) is 14.1 Å². The quantitative estimate of drug-likeness (QED) is 0.760. The fourth-order valence-corrected chi connectivity index (χ4v) is 2.51. The molecular formula is C15H16N2O3S. The predicted octanol–water partition coefficient (Wildman–Crippen LogP) is 2.91. The average molecular weight is 304 g/mol. The Morgan fingerprint density at radius 2 is 1.76 bits per heavy atom. The number of hydrogen-bond acceptors (Lipinski definition) is 3. The Morgan fingerprint density at radius 3 is 2.43 bits per heavy atom. The molecule has 0 saturated heterocycles. The number of rotatable bonds is 4. The molecule has 2 rings (SSSR count). The molecule has 3 N–H and O–H groups in total. The Labute approximate surface area is 125 Å². The Balaban J connectivity index is 2.05. The van der Waals surface area contributed by atoms with Crippen LogP contribution in [0.25, 0.3) is 0 Å². The average Bonchev–Trinajstić information content (AvgIpc) is 2.43. The van der Waals surface area contributed by atoms with Crippen LogP contribution in [0.3, 0.4) is 0 Å². The minimum Gasteiger partial charge on any atom is -0.508 e. The largest absolute Gasteiger partial charge is 0.508 e. The fraction of sp³-hybridized carbons (Fsp3) is 0.133. The van der Waals surface area contributed by atoms with Crippen LogP contribution >= 0.6 is 0 Å². The van der Waals surface area contributed by atoms with Gasteiger partial charge in [-0.3, -0.25) is 4.21 Å². The van der Waals surface area contributed by atoms with E-state index in [-0.39, 0.29) is 5.75 Å². The maximum atomic E-state index is 11.9. The highest BCUT2D eigenvalue weighted by Crippen LogP contribution is 2.18. The number of anilines is 2. The third kappa shape index (κ3) is 4.61. The predicted molar refractivity (Wildman–Crippen MR) is 85.0 cm³/mol. The number of phenolic OH excluding ortho intramolecular Hbond substituents is 1. The first kappa shape index (κ1) is 15.1. The van der Waals surface area contributed by atoms with Gasteiger partial charge >= 0.3 is 6.03 Å². The Morgan fingerprint density at radius 1 is 1.10 bits per heavy atom. The van der Waals surface area contributed by atoms with Crippen LogP contribution in [-0.2, 0) is 16.6 Å². The van der Waals surface area contributed by atoms with Gasteiger partial charge in [-0.25, -0.2) is 4.79 Å². The third-order valence-electron chi connectivity index (χ3n) is 2.75. The molecule has 21 heavy (non-hydrogen) atoms. The van der Waals surface area contributed by atoms with Crippen molar-refractivity contribution in [2.75, 3.05) is 16.9 Å². The molecular weight excluding hydrogens is 288 g/mol. The zero-order chi connectivity index (χ0) is 15.2. The van der Waals surface area contributed by atoms with Gasteiger partial charge in [0.25, 0.3) is 0 Å². The van der Waals surface area contributed by atoms with Crippen molar-refractivity contribution in [3.63, 3.8) is 0 Å². The summed E-state index contributed by atoms with van der Waals surface area (Å²) >= 11 is 0. The van der Waals surface area contributed by atoms with Gasteiger partial charge in [0.1, 0.15) is 5.75 Å². The third-order valence-corrected chi connectivity index (χ3v) is 3.47. The number of phenols is 1. The van der Waals surface area contributed by atoms with E-state index in [1.807, 2.05) is 12.1 Å². The molecule has 0 bridgehead atoms. The first-order chi connectivity index (χ1) is 10.0. The van der Waals surface area contributed by atoms with Crippen LogP contribution in [0, 0.1) is 0 Å². The monoisotopic (exact) mass is 304 g/mol. The van der Waals surface area contributed by atoms with Crippen molar-refractivity contribution >= 4 is 28.2 Å². The molecule has 0 fully saturated rings. The molecule has 2 aromatic carbocycles. The molecule has 0 heterocycles. The molecule has 2 amide bonds. The summed E-state index contributed by atoms with van der Waals surface area (Å²) in [6, 6.07) is 13.0. The van der Waals surface area contributed by atoms with Crippen molar-refractivity contribution in [1.29, 1.82) is 0 Å². The van der Waals surface area contributed by atoms with Crippen molar-refractivity contribution in [3.05, 3.63) is 54.1 Å². The Bertz CT molecular complexity index is 656. The van der Waals surface area contributed by atoms with Crippen LogP contribution in [0.15, 0.2) is 48.5 Å². The highest BCUT2D eigenvalue weighted by Gasteiger charge is 2.07. The van der Waals surface area contributed by atoms with Crippen LogP contribution in [0.4, 0.5) is 16.2 Å². The Hall–Kier alpha value is -2.34. The van der Waals surface area contributed by atoms with Crippen molar-refractivity contribution in [1.82, 2.24) is 0 Å². The van der Waals surface area contributed by atoms with Gasteiger partial charge in [0.2, 0.25) is 0 Å². The molecule has 0 saturated carbocycles. The van der Waals surface area contributed by atoms with E-state index in [1.165, 1.54) is 12.1 Å². The summed E-state index contributed by atoms with van der Waals surface area (Å²) in [6.07, 6.45) is 1.62. The second-order valence-corrected chi connectivity index (χ2v) is 5.94. The maximum absolute atomic E-state index is 11.9. The summed E-state index contributed by atoms with van der Waals surface area (Å²) in [7, 11) is -0.982. The number of aromatic hydroxyl groups is 1. The van der Waals surface area contributed by atoms with Crippen molar-refractivity contribution in [2.24, 2.45) is 0 Å². The number of nitrogens with one attached hydrogen (secondary N) is 2. The van der Waals surface area contributed by atoms with E-state index in [0.29, 0.717) is 17.1 Å².